The van der Waals surface area contributed by atoms with Crippen molar-refractivity contribution in [1.82, 2.24) is 5.32 Å². The molecule has 1 amide bonds. The summed E-state index contributed by atoms with van der Waals surface area (Å²) in [5.74, 6) is 0.103. The summed E-state index contributed by atoms with van der Waals surface area (Å²) in [6.07, 6.45) is 6.07. The van der Waals surface area contributed by atoms with Crippen molar-refractivity contribution in [2.24, 2.45) is 5.73 Å². The second-order valence-corrected chi connectivity index (χ2v) is 4.44. The summed E-state index contributed by atoms with van der Waals surface area (Å²) in [6, 6.07) is 0.125. The van der Waals surface area contributed by atoms with Crippen LogP contribution in [-0.4, -0.2) is 31.2 Å². The van der Waals surface area contributed by atoms with Crippen molar-refractivity contribution in [2.45, 2.75) is 57.6 Å². The van der Waals surface area contributed by atoms with Gasteiger partial charge < -0.3 is 15.8 Å². The molecule has 0 aromatic carbocycles. The molecule has 0 aromatic heterocycles. The number of carbonyl (C=O) groups is 1. The van der Waals surface area contributed by atoms with E-state index in [1.807, 2.05) is 6.92 Å². The highest BCUT2D eigenvalue weighted by Gasteiger charge is 2.16. The Morgan fingerprint density at radius 2 is 2.38 bits per heavy atom. The minimum Gasteiger partial charge on any atom is -0.378 e. The molecule has 16 heavy (non-hydrogen) atoms. The zero-order valence-corrected chi connectivity index (χ0v) is 10.2. The van der Waals surface area contributed by atoms with Crippen molar-refractivity contribution >= 4 is 5.91 Å². The molecule has 1 fully saturated rings. The van der Waals surface area contributed by atoms with Gasteiger partial charge in [-0.1, -0.05) is 6.92 Å². The highest BCUT2D eigenvalue weighted by molar-refractivity contribution is 5.76. The first-order valence-corrected chi connectivity index (χ1v) is 6.37. The van der Waals surface area contributed by atoms with E-state index in [4.69, 9.17) is 10.5 Å². The quantitative estimate of drug-likeness (QED) is 0.717. The summed E-state index contributed by atoms with van der Waals surface area (Å²) < 4.78 is 5.58. The Labute approximate surface area is 97.9 Å². The van der Waals surface area contributed by atoms with E-state index in [9.17, 15) is 4.79 Å². The van der Waals surface area contributed by atoms with Crippen molar-refractivity contribution < 1.29 is 9.53 Å². The van der Waals surface area contributed by atoms with E-state index in [-0.39, 0.29) is 18.1 Å². The topological polar surface area (TPSA) is 64.3 Å². The summed E-state index contributed by atoms with van der Waals surface area (Å²) in [7, 11) is 0. The average Bonchev–Trinajstić information content (AvgIpc) is 2.34. The van der Waals surface area contributed by atoms with E-state index < -0.39 is 0 Å². The maximum Gasteiger partial charge on any atom is 0.220 e. The fourth-order valence-electron chi connectivity index (χ4n) is 1.95. The van der Waals surface area contributed by atoms with E-state index in [1.165, 1.54) is 6.42 Å². The second kappa shape index (κ2) is 7.63. The number of nitrogens with one attached hydrogen (secondary N) is 1. The molecule has 2 atom stereocenters. The lowest BCUT2D eigenvalue weighted by Gasteiger charge is -2.22. The first-order valence-electron chi connectivity index (χ1n) is 6.37. The molecule has 1 rings (SSSR count). The highest BCUT2D eigenvalue weighted by Crippen LogP contribution is 2.16. The molecule has 0 spiro atoms. The number of rotatable bonds is 6. The van der Waals surface area contributed by atoms with Crippen LogP contribution in [0.3, 0.4) is 0 Å². The van der Waals surface area contributed by atoms with Crippen LogP contribution in [0, 0.1) is 0 Å². The van der Waals surface area contributed by atoms with Crippen LogP contribution in [0.2, 0.25) is 0 Å². The normalized spacial score (nSPS) is 22.8. The predicted octanol–water partition coefficient (Wildman–Crippen LogP) is 1.19. The lowest BCUT2D eigenvalue weighted by atomic mass is 10.0. The van der Waals surface area contributed by atoms with Crippen molar-refractivity contribution in [3.8, 4) is 0 Å². The standard InChI is InChI=1S/C12H24N2O2/c1-2-10(9-13)14-12(15)7-6-11-5-3-4-8-16-11/h10-11H,2-9,13H2,1H3,(H,14,15). The Hall–Kier alpha value is -0.610. The SMILES string of the molecule is CCC(CN)NC(=O)CCC1CCCCO1. The molecule has 0 bridgehead atoms. The van der Waals surface area contributed by atoms with E-state index in [0.717, 1.165) is 32.3 Å². The number of hydrogen-bond donors (Lipinski definition) is 2. The summed E-state index contributed by atoms with van der Waals surface area (Å²) in [4.78, 5) is 11.6. The van der Waals surface area contributed by atoms with Gasteiger partial charge in [0.2, 0.25) is 5.91 Å². The molecule has 0 aromatic rings. The van der Waals surface area contributed by atoms with Crippen molar-refractivity contribution in [3.63, 3.8) is 0 Å². The zero-order valence-electron chi connectivity index (χ0n) is 10.2. The van der Waals surface area contributed by atoms with E-state index in [0.29, 0.717) is 13.0 Å². The van der Waals surface area contributed by atoms with Crippen LogP contribution in [0.4, 0.5) is 0 Å². The maximum absolute atomic E-state index is 11.6. The average molecular weight is 228 g/mol. The smallest absolute Gasteiger partial charge is 0.220 e. The summed E-state index contributed by atoms with van der Waals surface area (Å²) >= 11 is 0. The molecule has 3 N–H and O–H groups in total. The summed E-state index contributed by atoms with van der Waals surface area (Å²) in [6.45, 7) is 3.40. The van der Waals surface area contributed by atoms with Crippen molar-refractivity contribution in [2.75, 3.05) is 13.2 Å². The molecule has 1 aliphatic rings. The number of nitrogens with two attached hydrogens (primary N) is 1. The number of carbonyl (C=O) groups excluding carboxylic acids is 1. The van der Waals surface area contributed by atoms with Crippen LogP contribution in [0.25, 0.3) is 0 Å². The van der Waals surface area contributed by atoms with Gasteiger partial charge in [0.1, 0.15) is 0 Å². The minimum atomic E-state index is 0.103. The Balaban J connectivity index is 2.13. The molecule has 4 heteroatoms. The third kappa shape index (κ3) is 4.94. The predicted molar refractivity (Wildman–Crippen MR) is 64.1 cm³/mol. The van der Waals surface area contributed by atoms with Crippen LogP contribution < -0.4 is 11.1 Å². The van der Waals surface area contributed by atoms with Gasteiger partial charge in [-0.3, -0.25) is 4.79 Å². The Morgan fingerprint density at radius 1 is 1.56 bits per heavy atom. The molecule has 1 saturated heterocycles. The second-order valence-electron chi connectivity index (χ2n) is 4.44. The lowest BCUT2D eigenvalue weighted by Crippen LogP contribution is -2.40. The molecular weight excluding hydrogens is 204 g/mol. The maximum atomic E-state index is 11.6. The highest BCUT2D eigenvalue weighted by atomic mass is 16.5. The number of hydrogen-bond acceptors (Lipinski definition) is 3. The lowest BCUT2D eigenvalue weighted by molar-refractivity contribution is -0.122. The number of ether oxygens (including phenoxy) is 1. The van der Waals surface area contributed by atoms with Gasteiger partial charge in [0.25, 0.3) is 0 Å². The Bertz CT molecular complexity index is 199. The van der Waals surface area contributed by atoms with Crippen LogP contribution in [-0.2, 0) is 9.53 Å². The third-order valence-corrected chi connectivity index (χ3v) is 3.11. The molecule has 94 valence electrons. The molecule has 0 saturated carbocycles. The summed E-state index contributed by atoms with van der Waals surface area (Å²) in [5, 5.41) is 2.94. The van der Waals surface area contributed by atoms with Gasteiger partial charge in [0, 0.05) is 25.6 Å². The van der Waals surface area contributed by atoms with E-state index in [2.05, 4.69) is 5.32 Å². The van der Waals surface area contributed by atoms with Gasteiger partial charge >= 0.3 is 0 Å². The minimum absolute atomic E-state index is 0.103. The number of amides is 1. The van der Waals surface area contributed by atoms with Gasteiger partial charge in [-0.05, 0) is 32.1 Å². The fraction of sp³-hybridized carbons (Fsp3) is 0.917. The van der Waals surface area contributed by atoms with Crippen molar-refractivity contribution in [1.29, 1.82) is 0 Å². The van der Waals surface area contributed by atoms with E-state index in [1.54, 1.807) is 0 Å². The summed E-state index contributed by atoms with van der Waals surface area (Å²) in [5.41, 5.74) is 5.53. The van der Waals surface area contributed by atoms with Crippen LogP contribution >= 0.6 is 0 Å². The van der Waals surface area contributed by atoms with E-state index >= 15 is 0 Å². The first kappa shape index (κ1) is 13.5. The molecular formula is C12H24N2O2. The fourth-order valence-corrected chi connectivity index (χ4v) is 1.95. The largest absolute Gasteiger partial charge is 0.378 e. The van der Waals surface area contributed by atoms with Crippen LogP contribution in [0.5, 0.6) is 0 Å². The first-order chi connectivity index (χ1) is 7.76. The molecule has 2 unspecified atom stereocenters. The van der Waals surface area contributed by atoms with Gasteiger partial charge in [-0.25, -0.2) is 0 Å². The molecule has 1 heterocycles. The molecule has 1 aliphatic heterocycles. The van der Waals surface area contributed by atoms with Crippen LogP contribution in [0.1, 0.15) is 45.4 Å². The van der Waals surface area contributed by atoms with Crippen molar-refractivity contribution in [3.05, 3.63) is 0 Å². The van der Waals surface area contributed by atoms with Gasteiger partial charge in [-0.2, -0.15) is 0 Å². The van der Waals surface area contributed by atoms with Gasteiger partial charge in [0.15, 0.2) is 0 Å². The Kier molecular flexibility index (Phi) is 6.42. The molecule has 0 aliphatic carbocycles. The molecule has 0 radical (unpaired) electrons. The van der Waals surface area contributed by atoms with Crippen LogP contribution in [0.15, 0.2) is 0 Å². The van der Waals surface area contributed by atoms with Gasteiger partial charge in [0.05, 0.1) is 6.10 Å². The monoisotopic (exact) mass is 228 g/mol. The zero-order chi connectivity index (χ0) is 11.8. The van der Waals surface area contributed by atoms with Gasteiger partial charge in [-0.15, -0.1) is 0 Å². The third-order valence-electron chi connectivity index (χ3n) is 3.11. The molecule has 4 nitrogen and oxygen atoms in total. The Morgan fingerprint density at radius 3 is 2.94 bits per heavy atom.